The van der Waals surface area contributed by atoms with Crippen LogP contribution in [0.4, 0.5) is 4.39 Å². The lowest BCUT2D eigenvalue weighted by Crippen LogP contribution is -2.58. The lowest BCUT2D eigenvalue weighted by molar-refractivity contribution is -0.104. The topological polar surface area (TPSA) is 26.3 Å². The standard InChI is InChI=1S/C24H32FO2Si/c1-16-14-17(11-12-19(16)25)20-18(10-9-13-26)22(5,6)15-23(7,21(2,3)4)24(20,8)27-28/h9-14H,15H2,1-8H3. The molecule has 1 aliphatic carbocycles. The second kappa shape index (κ2) is 7.38. The van der Waals surface area contributed by atoms with Gasteiger partial charge in [-0.15, -0.1) is 0 Å². The average molecular weight is 400 g/mol. The summed E-state index contributed by atoms with van der Waals surface area (Å²) in [5.74, 6) is -0.232. The van der Waals surface area contributed by atoms with E-state index < -0.39 is 5.60 Å². The summed E-state index contributed by atoms with van der Waals surface area (Å²) in [6.07, 6.45) is 5.07. The van der Waals surface area contributed by atoms with E-state index >= 15 is 0 Å². The molecule has 28 heavy (non-hydrogen) atoms. The summed E-state index contributed by atoms with van der Waals surface area (Å²) < 4.78 is 20.1. The summed E-state index contributed by atoms with van der Waals surface area (Å²) in [6.45, 7) is 17.2. The molecule has 1 aromatic rings. The Morgan fingerprint density at radius 1 is 1.18 bits per heavy atom. The van der Waals surface area contributed by atoms with Gasteiger partial charge in [0.05, 0.1) is 5.60 Å². The third kappa shape index (κ3) is 3.46. The Morgan fingerprint density at radius 2 is 1.79 bits per heavy atom. The van der Waals surface area contributed by atoms with Crippen LogP contribution in [0.1, 0.15) is 66.0 Å². The van der Waals surface area contributed by atoms with E-state index in [9.17, 15) is 9.18 Å². The van der Waals surface area contributed by atoms with Gasteiger partial charge in [0.15, 0.2) is 0 Å². The van der Waals surface area contributed by atoms with Crippen molar-refractivity contribution < 1.29 is 13.6 Å². The van der Waals surface area contributed by atoms with Crippen LogP contribution >= 0.6 is 0 Å². The highest BCUT2D eigenvalue weighted by atomic mass is 28.2. The monoisotopic (exact) mass is 399 g/mol. The Bertz CT molecular complexity index is 831. The van der Waals surface area contributed by atoms with Gasteiger partial charge in [-0.2, -0.15) is 0 Å². The first-order chi connectivity index (χ1) is 12.7. The summed E-state index contributed by atoms with van der Waals surface area (Å²) in [5.41, 5.74) is 2.28. The molecule has 3 radical (unpaired) electrons. The molecule has 0 saturated carbocycles. The minimum absolute atomic E-state index is 0.0775. The largest absolute Gasteiger partial charge is 0.409 e. The normalized spacial score (nSPS) is 28.1. The zero-order valence-corrected chi connectivity index (χ0v) is 19.4. The molecule has 0 aromatic heterocycles. The molecule has 2 atom stereocenters. The van der Waals surface area contributed by atoms with E-state index in [0.717, 1.165) is 29.4 Å². The van der Waals surface area contributed by atoms with Gasteiger partial charge in [-0.25, -0.2) is 4.39 Å². The van der Waals surface area contributed by atoms with Crippen molar-refractivity contribution in [3.05, 3.63) is 52.9 Å². The molecular weight excluding hydrogens is 367 g/mol. The molecule has 1 aliphatic rings. The summed E-state index contributed by atoms with van der Waals surface area (Å²) in [5, 5.41) is 0. The zero-order chi connectivity index (χ0) is 21.5. The van der Waals surface area contributed by atoms with Crippen LogP contribution in [0.15, 0.2) is 35.9 Å². The Balaban J connectivity index is 3.00. The zero-order valence-electron chi connectivity index (χ0n) is 18.4. The minimum Gasteiger partial charge on any atom is -0.409 e. The highest BCUT2D eigenvalue weighted by Gasteiger charge is 2.60. The van der Waals surface area contributed by atoms with Crippen molar-refractivity contribution in [1.82, 2.24) is 0 Å². The van der Waals surface area contributed by atoms with E-state index in [2.05, 4.69) is 59.0 Å². The van der Waals surface area contributed by atoms with E-state index in [1.165, 1.54) is 12.1 Å². The fourth-order valence-corrected chi connectivity index (χ4v) is 5.17. The number of carbonyl (C=O) groups excluding carboxylic acids is 1. The molecule has 4 heteroatoms. The molecule has 2 rings (SSSR count). The quantitative estimate of drug-likeness (QED) is 0.353. The number of carbonyl (C=O) groups is 1. The second-order valence-corrected chi connectivity index (χ2v) is 10.2. The van der Waals surface area contributed by atoms with Gasteiger partial charge < -0.3 is 4.43 Å². The van der Waals surface area contributed by atoms with Crippen LogP contribution in [-0.2, 0) is 9.22 Å². The predicted octanol–water partition coefficient (Wildman–Crippen LogP) is 5.98. The summed E-state index contributed by atoms with van der Waals surface area (Å²) in [6, 6.07) is 5.18. The molecule has 0 spiro atoms. The molecule has 0 bridgehead atoms. The van der Waals surface area contributed by atoms with Crippen LogP contribution in [0.3, 0.4) is 0 Å². The van der Waals surface area contributed by atoms with Gasteiger partial charge in [0.2, 0.25) is 10.5 Å². The minimum atomic E-state index is -0.704. The maximum Gasteiger partial charge on any atom is 0.247 e. The lowest BCUT2D eigenvalue weighted by atomic mass is 9.47. The fourth-order valence-electron chi connectivity index (χ4n) is 4.84. The first-order valence-corrected chi connectivity index (χ1v) is 10.1. The molecule has 1 aromatic carbocycles. The number of aryl methyl sites for hydroxylation is 1. The lowest BCUT2D eigenvalue weighted by Gasteiger charge is -2.61. The van der Waals surface area contributed by atoms with Gasteiger partial charge in [0.1, 0.15) is 12.1 Å². The smallest absolute Gasteiger partial charge is 0.247 e. The maximum atomic E-state index is 14.0. The van der Waals surface area contributed by atoms with Gasteiger partial charge in [-0.05, 0) is 71.6 Å². The van der Waals surface area contributed by atoms with Crippen molar-refractivity contribution in [2.24, 2.45) is 16.2 Å². The van der Waals surface area contributed by atoms with Crippen molar-refractivity contribution in [3.8, 4) is 0 Å². The van der Waals surface area contributed by atoms with Crippen molar-refractivity contribution in [1.29, 1.82) is 0 Å². The van der Waals surface area contributed by atoms with Crippen LogP contribution in [0.5, 0.6) is 0 Å². The van der Waals surface area contributed by atoms with Crippen molar-refractivity contribution in [3.63, 3.8) is 0 Å². The van der Waals surface area contributed by atoms with Gasteiger partial charge >= 0.3 is 0 Å². The first-order valence-electron chi connectivity index (χ1n) is 9.73. The van der Waals surface area contributed by atoms with E-state index in [1.807, 2.05) is 12.1 Å². The first kappa shape index (κ1) is 22.8. The number of benzene rings is 1. The molecule has 0 saturated heterocycles. The van der Waals surface area contributed by atoms with E-state index in [-0.39, 0.29) is 22.1 Å². The number of hydrogen-bond donors (Lipinski definition) is 0. The summed E-state index contributed by atoms with van der Waals surface area (Å²) in [4.78, 5) is 11.1. The van der Waals surface area contributed by atoms with Gasteiger partial charge in [-0.3, -0.25) is 4.79 Å². The predicted molar refractivity (Wildman–Crippen MR) is 114 cm³/mol. The number of hydrogen-bond acceptors (Lipinski definition) is 2. The van der Waals surface area contributed by atoms with Crippen LogP contribution in [0.2, 0.25) is 0 Å². The Hall–Kier alpha value is -1.52. The highest BCUT2D eigenvalue weighted by Crippen LogP contribution is 2.64. The average Bonchev–Trinajstić information content (AvgIpc) is 2.58. The third-order valence-electron chi connectivity index (χ3n) is 6.97. The van der Waals surface area contributed by atoms with Crippen LogP contribution < -0.4 is 0 Å². The van der Waals surface area contributed by atoms with Crippen LogP contribution in [0, 0.1) is 29.0 Å². The van der Waals surface area contributed by atoms with E-state index in [4.69, 9.17) is 4.43 Å². The SMILES string of the molecule is Cc1cc(C2=C(C=CC=O)C(C)(C)CC(C)(C(C)(C)C)C2(C)O[Si])ccc1F. The number of allylic oxidation sites excluding steroid dienone is 3. The van der Waals surface area contributed by atoms with Gasteiger partial charge in [0.25, 0.3) is 0 Å². The number of rotatable bonds is 4. The maximum absolute atomic E-state index is 14.0. The van der Waals surface area contributed by atoms with Crippen LogP contribution in [-0.4, -0.2) is 22.4 Å². The molecular formula is C24H32FO2Si. The van der Waals surface area contributed by atoms with Crippen LogP contribution in [0.25, 0.3) is 5.57 Å². The van der Waals surface area contributed by atoms with E-state index in [0.29, 0.717) is 5.56 Å². The highest BCUT2D eigenvalue weighted by molar-refractivity contribution is 6.00. The fraction of sp³-hybridized carbons (Fsp3) is 0.542. The second-order valence-electron chi connectivity index (χ2n) is 10.0. The van der Waals surface area contributed by atoms with Gasteiger partial charge in [-0.1, -0.05) is 53.7 Å². The third-order valence-corrected chi connectivity index (χ3v) is 7.38. The summed E-state index contributed by atoms with van der Waals surface area (Å²) >= 11 is 0. The number of aldehydes is 1. The molecule has 151 valence electrons. The van der Waals surface area contributed by atoms with E-state index in [1.54, 1.807) is 13.0 Å². The molecule has 0 heterocycles. The van der Waals surface area contributed by atoms with Gasteiger partial charge in [0, 0.05) is 5.41 Å². The van der Waals surface area contributed by atoms with Crippen molar-refractivity contribution in [2.45, 2.75) is 67.4 Å². The Kier molecular flexibility index (Phi) is 6.00. The van der Waals surface area contributed by atoms with Crippen molar-refractivity contribution in [2.75, 3.05) is 0 Å². The number of halogens is 1. The molecule has 2 nitrogen and oxygen atoms in total. The molecule has 0 N–H and O–H groups in total. The Labute approximate surface area is 172 Å². The van der Waals surface area contributed by atoms with Crippen molar-refractivity contribution >= 4 is 22.3 Å². The Morgan fingerprint density at radius 3 is 2.25 bits per heavy atom. The molecule has 2 unspecified atom stereocenters. The molecule has 0 fully saturated rings. The molecule has 0 amide bonds. The molecule has 0 aliphatic heterocycles. The summed E-state index contributed by atoms with van der Waals surface area (Å²) in [7, 11) is 3.40.